The Kier molecular flexibility index (Phi) is 3.29. The van der Waals surface area contributed by atoms with Crippen LogP contribution in [0.3, 0.4) is 0 Å². The molecule has 0 fully saturated rings. The number of carbonyl (C=O) groups is 1. The predicted octanol–water partition coefficient (Wildman–Crippen LogP) is 3.15. The summed E-state index contributed by atoms with van der Waals surface area (Å²) in [5.74, 6) is -0.0894. The van der Waals surface area contributed by atoms with Gasteiger partial charge in [0.25, 0.3) is 5.91 Å². The standard InChI is InChI=1S/C20H16N6O2/c1-10-6-7-13-12(9-23-24-13)18(10)26-19(21)16(20(22)27)17(25-26)15-8-11-4-2-3-5-14(11)28-15/h2-9H,21H2,1H3,(H2,22,27)(H,23,24). The molecule has 0 spiro atoms. The number of nitrogens with one attached hydrogen (secondary N) is 1. The van der Waals surface area contributed by atoms with Crippen molar-refractivity contribution in [2.75, 3.05) is 5.73 Å². The Bertz CT molecular complexity index is 1340. The van der Waals surface area contributed by atoms with E-state index in [2.05, 4.69) is 15.3 Å². The van der Waals surface area contributed by atoms with Crippen LogP contribution in [0.25, 0.3) is 39.0 Å². The van der Waals surface area contributed by atoms with Crippen molar-refractivity contribution in [1.29, 1.82) is 0 Å². The maximum atomic E-state index is 12.2. The van der Waals surface area contributed by atoms with Gasteiger partial charge < -0.3 is 15.9 Å². The third kappa shape index (κ3) is 2.21. The van der Waals surface area contributed by atoms with Crippen molar-refractivity contribution >= 4 is 33.6 Å². The number of nitrogen functional groups attached to an aromatic ring is 1. The predicted molar refractivity (Wildman–Crippen MR) is 106 cm³/mol. The molecule has 3 aromatic heterocycles. The fourth-order valence-electron chi connectivity index (χ4n) is 3.51. The Hall–Kier alpha value is -4.07. The number of amides is 1. The van der Waals surface area contributed by atoms with Crippen LogP contribution in [0.2, 0.25) is 0 Å². The van der Waals surface area contributed by atoms with E-state index < -0.39 is 5.91 Å². The number of carbonyl (C=O) groups excluding carboxylic acids is 1. The third-order valence-electron chi connectivity index (χ3n) is 4.84. The van der Waals surface area contributed by atoms with Gasteiger partial charge >= 0.3 is 0 Å². The van der Waals surface area contributed by atoms with E-state index in [0.29, 0.717) is 17.0 Å². The number of para-hydroxylation sites is 1. The number of aromatic nitrogens is 4. The lowest BCUT2D eigenvalue weighted by atomic mass is 10.1. The lowest BCUT2D eigenvalue weighted by Crippen LogP contribution is -2.14. The number of hydrogen-bond acceptors (Lipinski definition) is 5. The molecule has 5 N–H and O–H groups in total. The van der Waals surface area contributed by atoms with Crippen LogP contribution in [-0.2, 0) is 0 Å². The minimum Gasteiger partial charge on any atom is -0.454 e. The van der Waals surface area contributed by atoms with Gasteiger partial charge in [-0.25, -0.2) is 4.68 Å². The summed E-state index contributed by atoms with van der Waals surface area (Å²) in [6.07, 6.45) is 1.70. The Morgan fingerprint density at radius 1 is 1.21 bits per heavy atom. The lowest BCUT2D eigenvalue weighted by molar-refractivity contribution is 0.100. The summed E-state index contributed by atoms with van der Waals surface area (Å²) in [5, 5.41) is 13.4. The van der Waals surface area contributed by atoms with Crippen LogP contribution >= 0.6 is 0 Å². The van der Waals surface area contributed by atoms with Crippen LogP contribution in [0.4, 0.5) is 5.82 Å². The average molecular weight is 372 g/mol. The van der Waals surface area contributed by atoms with Gasteiger partial charge in [-0.3, -0.25) is 9.89 Å². The summed E-state index contributed by atoms with van der Waals surface area (Å²) >= 11 is 0. The van der Waals surface area contributed by atoms with Crippen molar-refractivity contribution in [2.24, 2.45) is 5.73 Å². The minimum atomic E-state index is -0.670. The van der Waals surface area contributed by atoms with Gasteiger partial charge in [-0.1, -0.05) is 24.3 Å². The smallest absolute Gasteiger partial charge is 0.254 e. The molecule has 3 heterocycles. The first-order chi connectivity index (χ1) is 13.5. The summed E-state index contributed by atoms with van der Waals surface area (Å²) in [5.41, 5.74) is 15.6. The number of benzene rings is 2. The largest absolute Gasteiger partial charge is 0.454 e. The number of anilines is 1. The number of furan rings is 1. The van der Waals surface area contributed by atoms with Crippen molar-refractivity contribution in [3.05, 3.63) is 59.8 Å². The fraction of sp³-hybridized carbons (Fsp3) is 0.0500. The number of rotatable bonds is 3. The molecule has 5 aromatic rings. The van der Waals surface area contributed by atoms with E-state index >= 15 is 0 Å². The maximum absolute atomic E-state index is 12.2. The summed E-state index contributed by atoms with van der Waals surface area (Å²) < 4.78 is 7.42. The molecule has 0 aliphatic rings. The van der Waals surface area contributed by atoms with E-state index in [0.717, 1.165) is 27.5 Å². The second-order valence-electron chi connectivity index (χ2n) is 6.60. The maximum Gasteiger partial charge on any atom is 0.254 e. The first kappa shape index (κ1) is 16.1. The molecule has 138 valence electrons. The van der Waals surface area contributed by atoms with Crippen LogP contribution in [0.5, 0.6) is 0 Å². The van der Waals surface area contributed by atoms with Crippen molar-refractivity contribution in [2.45, 2.75) is 6.92 Å². The number of fused-ring (bicyclic) bond motifs is 2. The molecule has 5 rings (SSSR count). The number of aromatic amines is 1. The fourth-order valence-corrected chi connectivity index (χ4v) is 3.51. The molecule has 28 heavy (non-hydrogen) atoms. The van der Waals surface area contributed by atoms with Gasteiger partial charge in [0, 0.05) is 10.8 Å². The summed E-state index contributed by atoms with van der Waals surface area (Å²) in [7, 11) is 0. The van der Waals surface area contributed by atoms with Crippen molar-refractivity contribution in [1.82, 2.24) is 20.0 Å². The SMILES string of the molecule is Cc1ccc2[nH]ncc2c1-n1nc(-c2cc3ccccc3o2)c(C(N)=O)c1N. The molecule has 0 atom stereocenters. The number of primary amides is 1. The van der Waals surface area contributed by atoms with Crippen LogP contribution in [0.15, 0.2) is 53.1 Å². The average Bonchev–Trinajstić information content (AvgIpc) is 3.37. The molecule has 2 aromatic carbocycles. The van der Waals surface area contributed by atoms with Gasteiger partial charge in [0.15, 0.2) is 5.76 Å². The molecular weight excluding hydrogens is 356 g/mol. The molecule has 0 saturated carbocycles. The second-order valence-corrected chi connectivity index (χ2v) is 6.60. The topological polar surface area (TPSA) is 129 Å². The van der Waals surface area contributed by atoms with Gasteiger partial charge in [0.1, 0.15) is 22.7 Å². The second kappa shape index (κ2) is 5.71. The van der Waals surface area contributed by atoms with Gasteiger partial charge in [-0.05, 0) is 30.7 Å². The normalized spacial score (nSPS) is 11.5. The molecule has 0 radical (unpaired) electrons. The summed E-state index contributed by atoms with van der Waals surface area (Å²) in [4.78, 5) is 12.2. The Morgan fingerprint density at radius 3 is 2.82 bits per heavy atom. The zero-order chi connectivity index (χ0) is 19.4. The number of aryl methyl sites for hydroxylation is 1. The summed E-state index contributed by atoms with van der Waals surface area (Å²) in [6.45, 7) is 1.94. The van der Waals surface area contributed by atoms with Gasteiger partial charge in [-0.15, -0.1) is 0 Å². The number of hydrogen-bond donors (Lipinski definition) is 3. The Balaban J connectivity index is 1.81. The van der Waals surface area contributed by atoms with Crippen molar-refractivity contribution in [3.8, 4) is 17.1 Å². The monoisotopic (exact) mass is 372 g/mol. The lowest BCUT2D eigenvalue weighted by Gasteiger charge is -2.09. The van der Waals surface area contributed by atoms with Crippen molar-refractivity contribution in [3.63, 3.8) is 0 Å². The van der Waals surface area contributed by atoms with E-state index in [1.807, 2.05) is 49.4 Å². The first-order valence-corrected chi connectivity index (χ1v) is 8.65. The molecule has 0 aliphatic carbocycles. The molecule has 0 saturated heterocycles. The first-order valence-electron chi connectivity index (χ1n) is 8.65. The number of nitrogens with zero attached hydrogens (tertiary/aromatic N) is 3. The van der Waals surface area contributed by atoms with Crippen LogP contribution < -0.4 is 11.5 Å². The highest BCUT2D eigenvalue weighted by molar-refractivity contribution is 6.04. The molecule has 0 bridgehead atoms. The van der Waals surface area contributed by atoms with Gasteiger partial charge in [-0.2, -0.15) is 10.2 Å². The summed E-state index contributed by atoms with van der Waals surface area (Å²) in [6, 6.07) is 13.2. The van der Waals surface area contributed by atoms with Crippen LogP contribution in [0.1, 0.15) is 15.9 Å². The quantitative estimate of drug-likeness (QED) is 0.448. The molecule has 1 amide bonds. The van der Waals surface area contributed by atoms with Crippen LogP contribution in [0, 0.1) is 6.92 Å². The highest BCUT2D eigenvalue weighted by Crippen LogP contribution is 2.35. The highest BCUT2D eigenvalue weighted by Gasteiger charge is 2.26. The van der Waals surface area contributed by atoms with E-state index in [1.54, 1.807) is 6.20 Å². The zero-order valence-corrected chi connectivity index (χ0v) is 14.9. The molecular formula is C20H16N6O2. The molecule has 0 aliphatic heterocycles. The zero-order valence-electron chi connectivity index (χ0n) is 14.9. The number of nitrogens with two attached hydrogens (primary N) is 2. The van der Waals surface area contributed by atoms with Gasteiger partial charge in [0.2, 0.25) is 0 Å². The third-order valence-corrected chi connectivity index (χ3v) is 4.84. The Morgan fingerprint density at radius 2 is 2.04 bits per heavy atom. The van der Waals surface area contributed by atoms with E-state index in [4.69, 9.17) is 15.9 Å². The van der Waals surface area contributed by atoms with E-state index in [1.165, 1.54) is 4.68 Å². The van der Waals surface area contributed by atoms with Crippen LogP contribution in [-0.4, -0.2) is 25.9 Å². The molecule has 8 heteroatoms. The van der Waals surface area contributed by atoms with E-state index in [-0.39, 0.29) is 11.4 Å². The number of H-pyrrole nitrogens is 1. The van der Waals surface area contributed by atoms with Crippen molar-refractivity contribution < 1.29 is 9.21 Å². The van der Waals surface area contributed by atoms with Gasteiger partial charge in [0.05, 0.1) is 17.4 Å². The van der Waals surface area contributed by atoms with E-state index in [9.17, 15) is 4.79 Å². The minimum absolute atomic E-state index is 0.124. The molecule has 8 nitrogen and oxygen atoms in total. The molecule has 0 unspecified atom stereocenters. The Labute approximate surface area is 158 Å². The highest BCUT2D eigenvalue weighted by atomic mass is 16.3.